The lowest BCUT2D eigenvalue weighted by Crippen LogP contribution is -2.26. The van der Waals surface area contributed by atoms with Crippen LogP contribution in [0.2, 0.25) is 0 Å². The Morgan fingerprint density at radius 2 is 1.45 bits per heavy atom. The molecule has 0 fully saturated rings. The summed E-state index contributed by atoms with van der Waals surface area (Å²) in [4.78, 5) is 36.6. The van der Waals surface area contributed by atoms with E-state index in [1.165, 1.54) is 0 Å². The van der Waals surface area contributed by atoms with Gasteiger partial charge in [-0.2, -0.15) is 0 Å². The molecule has 0 spiro atoms. The minimum Gasteiger partial charge on any atom is -0.371 e. The highest BCUT2D eigenvalue weighted by Crippen LogP contribution is 2.30. The molecule has 3 aromatic carbocycles. The second-order valence-electron chi connectivity index (χ2n) is 8.69. The highest BCUT2D eigenvalue weighted by atomic mass is 16.1. The van der Waals surface area contributed by atoms with E-state index in [2.05, 4.69) is 34.8 Å². The first-order valence-electron chi connectivity index (χ1n) is 11.9. The monoisotopic (exact) mass is 439 g/mol. The summed E-state index contributed by atoms with van der Waals surface area (Å²) in [5.74, 6) is 0. The van der Waals surface area contributed by atoms with Gasteiger partial charge in [-0.05, 0) is 55.2 Å². The highest BCUT2D eigenvalue weighted by molar-refractivity contribution is 6.07. The first-order valence-corrected chi connectivity index (χ1v) is 11.9. The third-order valence-corrected chi connectivity index (χ3v) is 6.55. The van der Waals surface area contributed by atoms with Gasteiger partial charge in [0.1, 0.15) is 0 Å². The van der Waals surface area contributed by atoms with Crippen molar-refractivity contribution in [1.82, 2.24) is 9.97 Å². The number of hydrogen-bond donors (Lipinski definition) is 2. The van der Waals surface area contributed by atoms with Crippen LogP contribution >= 0.6 is 0 Å². The number of anilines is 1. The molecule has 0 radical (unpaired) electrons. The van der Waals surface area contributed by atoms with Gasteiger partial charge in [-0.25, -0.2) is 0 Å². The number of nitrogens with one attached hydrogen (secondary N) is 2. The van der Waals surface area contributed by atoms with Gasteiger partial charge in [0.2, 0.25) is 0 Å². The molecule has 0 unspecified atom stereocenters. The summed E-state index contributed by atoms with van der Waals surface area (Å²) in [6.07, 6.45) is 2.68. The van der Waals surface area contributed by atoms with Crippen LogP contribution in [0, 0.1) is 0 Å². The number of rotatable bonds is 6. The van der Waals surface area contributed by atoms with Gasteiger partial charge in [0.05, 0.1) is 33.0 Å². The summed E-state index contributed by atoms with van der Waals surface area (Å²) < 4.78 is 0. The zero-order valence-corrected chi connectivity index (χ0v) is 19.4. The zero-order chi connectivity index (χ0) is 23.1. The van der Waals surface area contributed by atoms with Crippen molar-refractivity contribution in [2.24, 2.45) is 0 Å². The summed E-state index contributed by atoms with van der Waals surface area (Å²) in [7, 11) is 0. The van der Waals surface area contributed by atoms with Crippen molar-refractivity contribution in [2.45, 2.75) is 40.0 Å². The Labute approximate surface area is 192 Å². The lowest BCUT2D eigenvalue weighted by Gasteiger charge is -2.25. The number of aryl methyl sites for hydroxylation is 1. The van der Waals surface area contributed by atoms with Crippen molar-refractivity contribution in [2.75, 3.05) is 18.0 Å². The van der Waals surface area contributed by atoms with Crippen LogP contribution in [0.25, 0.3) is 43.6 Å². The van der Waals surface area contributed by atoms with Crippen LogP contribution in [0.1, 0.15) is 39.2 Å². The van der Waals surface area contributed by atoms with E-state index in [4.69, 9.17) is 0 Å². The predicted octanol–water partition coefficient (Wildman–Crippen LogP) is 5.86. The van der Waals surface area contributed by atoms with Crippen molar-refractivity contribution in [3.63, 3.8) is 0 Å². The van der Waals surface area contributed by atoms with Gasteiger partial charge >= 0.3 is 0 Å². The molecule has 0 aliphatic rings. The van der Waals surface area contributed by atoms with E-state index in [9.17, 15) is 9.59 Å². The molecule has 0 saturated carbocycles. The molecular formula is C28H29N3O2. The first kappa shape index (κ1) is 21.3. The number of hydrogen-bond acceptors (Lipinski definition) is 3. The normalized spacial score (nSPS) is 11.7. The standard InChI is InChI=1S/C28H29N3O2/c1-4-14-31(15-5-2)23-13-9-12-21-25(23)28(33)24-17(6-3)26-19(16-22(24)29-21)27(32)18-10-7-8-11-20(18)30-26/h7-13,16H,4-6,14-15H2,1-3H3,(H,29,33)(H,30,32). The summed E-state index contributed by atoms with van der Waals surface area (Å²) in [5.41, 5.74) is 4.96. The lowest BCUT2D eigenvalue weighted by molar-refractivity contribution is 0.747. The van der Waals surface area contributed by atoms with Gasteiger partial charge in [0.15, 0.2) is 10.9 Å². The predicted molar refractivity (Wildman–Crippen MR) is 140 cm³/mol. The fourth-order valence-corrected chi connectivity index (χ4v) is 5.15. The Balaban J connectivity index is 1.94. The van der Waals surface area contributed by atoms with Crippen molar-refractivity contribution >= 4 is 49.3 Å². The first-order chi connectivity index (χ1) is 16.1. The molecule has 168 valence electrons. The third kappa shape index (κ3) is 3.30. The molecular weight excluding hydrogens is 410 g/mol. The molecule has 5 heteroatoms. The van der Waals surface area contributed by atoms with Gasteiger partial charge < -0.3 is 14.9 Å². The number of nitrogens with zero attached hydrogens (tertiary/aromatic N) is 1. The number of aromatic nitrogens is 2. The number of pyridine rings is 2. The smallest absolute Gasteiger partial charge is 0.199 e. The summed E-state index contributed by atoms with van der Waals surface area (Å²) >= 11 is 0. The Bertz CT molecular complexity index is 1620. The second-order valence-corrected chi connectivity index (χ2v) is 8.69. The van der Waals surface area contributed by atoms with Crippen LogP contribution in [0.5, 0.6) is 0 Å². The Morgan fingerprint density at radius 1 is 0.727 bits per heavy atom. The van der Waals surface area contributed by atoms with Crippen LogP contribution in [0.3, 0.4) is 0 Å². The van der Waals surface area contributed by atoms with Gasteiger partial charge in [0.25, 0.3) is 0 Å². The zero-order valence-electron chi connectivity index (χ0n) is 19.4. The molecule has 2 N–H and O–H groups in total. The van der Waals surface area contributed by atoms with E-state index in [0.29, 0.717) is 28.1 Å². The van der Waals surface area contributed by atoms with Crippen molar-refractivity contribution in [3.05, 3.63) is 74.5 Å². The Morgan fingerprint density at radius 3 is 2.18 bits per heavy atom. The van der Waals surface area contributed by atoms with E-state index in [1.807, 2.05) is 49.4 Å². The molecule has 5 nitrogen and oxygen atoms in total. The Hall–Kier alpha value is -3.60. The molecule has 0 saturated heterocycles. The maximum atomic E-state index is 14.1. The minimum atomic E-state index is -0.0114. The molecule has 0 amide bonds. The summed E-state index contributed by atoms with van der Waals surface area (Å²) in [6.45, 7) is 8.17. The van der Waals surface area contributed by atoms with E-state index in [1.54, 1.807) is 0 Å². The second kappa shape index (κ2) is 8.39. The van der Waals surface area contributed by atoms with Crippen molar-refractivity contribution in [1.29, 1.82) is 0 Å². The van der Waals surface area contributed by atoms with Crippen molar-refractivity contribution in [3.8, 4) is 0 Å². The average molecular weight is 440 g/mol. The number of H-pyrrole nitrogens is 2. The van der Waals surface area contributed by atoms with Gasteiger partial charge in [-0.15, -0.1) is 0 Å². The fourth-order valence-electron chi connectivity index (χ4n) is 5.15. The van der Waals surface area contributed by atoms with Gasteiger partial charge in [-0.1, -0.05) is 39.0 Å². The van der Waals surface area contributed by atoms with Crippen LogP contribution in [0.15, 0.2) is 58.1 Å². The minimum absolute atomic E-state index is 0.0114. The maximum Gasteiger partial charge on any atom is 0.199 e. The van der Waals surface area contributed by atoms with Gasteiger partial charge in [-0.3, -0.25) is 9.59 Å². The van der Waals surface area contributed by atoms with E-state index in [-0.39, 0.29) is 10.9 Å². The number of fused-ring (bicyclic) bond motifs is 4. The van der Waals surface area contributed by atoms with Crippen LogP contribution in [-0.4, -0.2) is 23.1 Å². The molecule has 2 heterocycles. The molecule has 5 aromatic rings. The quantitative estimate of drug-likeness (QED) is 0.325. The van der Waals surface area contributed by atoms with Crippen LogP contribution < -0.4 is 15.8 Å². The highest BCUT2D eigenvalue weighted by Gasteiger charge is 2.19. The van der Waals surface area contributed by atoms with Crippen LogP contribution in [-0.2, 0) is 6.42 Å². The van der Waals surface area contributed by atoms with E-state index < -0.39 is 0 Å². The molecule has 0 atom stereocenters. The summed E-state index contributed by atoms with van der Waals surface area (Å²) in [6, 6.07) is 15.4. The molecule has 2 aromatic heterocycles. The van der Waals surface area contributed by atoms with Crippen LogP contribution in [0.4, 0.5) is 5.69 Å². The lowest BCUT2D eigenvalue weighted by atomic mass is 9.97. The molecule has 33 heavy (non-hydrogen) atoms. The third-order valence-electron chi connectivity index (χ3n) is 6.55. The fraction of sp³-hybridized carbons (Fsp3) is 0.286. The number of aromatic amines is 2. The van der Waals surface area contributed by atoms with Gasteiger partial charge in [0, 0.05) is 29.4 Å². The molecule has 0 bridgehead atoms. The summed E-state index contributed by atoms with van der Waals surface area (Å²) in [5, 5.41) is 2.67. The molecule has 0 aliphatic heterocycles. The molecule has 5 rings (SSSR count). The maximum absolute atomic E-state index is 14.1. The topological polar surface area (TPSA) is 69.0 Å². The van der Waals surface area contributed by atoms with Crippen molar-refractivity contribution < 1.29 is 0 Å². The molecule has 0 aliphatic carbocycles. The Kier molecular flexibility index (Phi) is 5.41. The van der Waals surface area contributed by atoms with E-state index in [0.717, 1.165) is 59.1 Å². The average Bonchev–Trinajstić information content (AvgIpc) is 2.83. The number of para-hydroxylation sites is 1. The SMILES string of the molecule is CCCN(CCC)c1cccc2[nH]c3cc4c(=O)c5ccccc5[nH]c4c(CC)c3c(=O)c12. The largest absolute Gasteiger partial charge is 0.371 e. The number of benzene rings is 3. The van der Waals surface area contributed by atoms with E-state index >= 15 is 0 Å².